The molecule has 0 spiro atoms. The number of benzene rings is 1. The largest absolute Gasteiger partial charge is 0.367 e. The normalized spacial score (nSPS) is 12.2. The van der Waals surface area contributed by atoms with Crippen molar-refractivity contribution in [1.82, 2.24) is 0 Å². The minimum Gasteiger partial charge on any atom is -0.367 e. The van der Waals surface area contributed by atoms with Crippen LogP contribution < -0.4 is 4.90 Å². The van der Waals surface area contributed by atoms with Crippen molar-refractivity contribution in [3.05, 3.63) is 28.8 Å². The summed E-state index contributed by atoms with van der Waals surface area (Å²) in [6, 6.07) is 5.89. The van der Waals surface area contributed by atoms with Gasteiger partial charge in [0.15, 0.2) is 6.29 Å². The Morgan fingerprint density at radius 2 is 2.11 bits per heavy atom. The minimum absolute atomic E-state index is 0.384. The number of para-hydroxylation sites is 1. The predicted molar refractivity (Wildman–Crippen MR) is 78.8 cm³/mol. The Morgan fingerprint density at radius 1 is 1.39 bits per heavy atom. The summed E-state index contributed by atoms with van der Waals surface area (Å²) in [6.45, 7) is 7.44. The number of halogens is 1. The molecule has 0 aliphatic rings. The highest BCUT2D eigenvalue weighted by atomic mass is 35.5. The first-order chi connectivity index (χ1) is 8.65. The average molecular weight is 268 g/mol. The van der Waals surface area contributed by atoms with E-state index in [1.165, 1.54) is 0 Å². The molecule has 0 aromatic heterocycles. The Morgan fingerprint density at radius 3 is 2.67 bits per heavy atom. The van der Waals surface area contributed by atoms with Gasteiger partial charge >= 0.3 is 0 Å². The van der Waals surface area contributed by atoms with Crippen LogP contribution in [0.15, 0.2) is 18.2 Å². The second-order valence-corrected chi connectivity index (χ2v) is 5.01. The van der Waals surface area contributed by atoms with Crippen LogP contribution in [0.5, 0.6) is 0 Å². The van der Waals surface area contributed by atoms with E-state index in [4.69, 9.17) is 11.6 Å². The fourth-order valence-corrected chi connectivity index (χ4v) is 2.32. The fraction of sp³-hybridized carbons (Fsp3) is 0.533. The molecule has 1 aromatic carbocycles. The molecule has 0 heterocycles. The highest BCUT2D eigenvalue weighted by Crippen LogP contribution is 2.31. The van der Waals surface area contributed by atoms with Crippen molar-refractivity contribution in [1.29, 1.82) is 0 Å². The van der Waals surface area contributed by atoms with Gasteiger partial charge in [0.1, 0.15) is 0 Å². The lowest BCUT2D eigenvalue weighted by atomic mass is 10.1. The monoisotopic (exact) mass is 267 g/mol. The van der Waals surface area contributed by atoms with E-state index in [1.54, 1.807) is 0 Å². The van der Waals surface area contributed by atoms with Gasteiger partial charge in [-0.25, -0.2) is 0 Å². The molecular weight excluding hydrogens is 246 g/mol. The molecule has 0 saturated heterocycles. The lowest BCUT2D eigenvalue weighted by Crippen LogP contribution is -2.34. The van der Waals surface area contributed by atoms with Crippen molar-refractivity contribution in [2.45, 2.75) is 46.1 Å². The summed E-state index contributed by atoms with van der Waals surface area (Å²) in [6.07, 6.45) is 4.16. The van der Waals surface area contributed by atoms with E-state index in [9.17, 15) is 4.79 Å². The number of unbranched alkanes of at least 4 members (excludes halogenated alkanes) is 1. The summed E-state index contributed by atoms with van der Waals surface area (Å²) in [5.41, 5.74) is 1.57. The summed E-state index contributed by atoms with van der Waals surface area (Å²) < 4.78 is 0. The fourth-order valence-electron chi connectivity index (χ4n) is 2.03. The van der Waals surface area contributed by atoms with Gasteiger partial charge in [-0.15, -0.1) is 0 Å². The van der Waals surface area contributed by atoms with Crippen LogP contribution in [0.1, 0.15) is 50.4 Å². The molecule has 0 amide bonds. The van der Waals surface area contributed by atoms with Crippen molar-refractivity contribution >= 4 is 23.6 Å². The first-order valence-electron chi connectivity index (χ1n) is 6.66. The highest BCUT2D eigenvalue weighted by molar-refractivity contribution is 6.33. The Hall–Kier alpha value is -1.02. The molecule has 100 valence electrons. The summed E-state index contributed by atoms with van der Waals surface area (Å²) in [5.74, 6) is 0. The van der Waals surface area contributed by atoms with E-state index in [2.05, 4.69) is 25.7 Å². The zero-order valence-corrected chi connectivity index (χ0v) is 12.2. The molecule has 0 N–H and O–H groups in total. The summed E-state index contributed by atoms with van der Waals surface area (Å²) >= 11 is 6.28. The third kappa shape index (κ3) is 3.49. The predicted octanol–water partition coefficient (Wildman–Crippen LogP) is 4.56. The number of carbonyl (C=O) groups excluding carboxylic acids is 1. The SMILES string of the molecule is CCCCN(c1c(Cl)cccc1C=O)C(C)CC. The Kier molecular flexibility index (Phi) is 6.20. The molecule has 3 heteroatoms. The number of aldehydes is 1. The van der Waals surface area contributed by atoms with Crippen LogP contribution in [0.4, 0.5) is 5.69 Å². The zero-order valence-electron chi connectivity index (χ0n) is 11.4. The van der Waals surface area contributed by atoms with Gasteiger partial charge in [-0.1, -0.05) is 37.9 Å². The van der Waals surface area contributed by atoms with Crippen LogP contribution in [0, 0.1) is 0 Å². The molecule has 1 rings (SSSR count). The average Bonchev–Trinajstić information content (AvgIpc) is 2.39. The van der Waals surface area contributed by atoms with E-state index in [0.29, 0.717) is 16.6 Å². The van der Waals surface area contributed by atoms with Gasteiger partial charge in [-0.2, -0.15) is 0 Å². The number of nitrogens with zero attached hydrogens (tertiary/aromatic N) is 1. The van der Waals surface area contributed by atoms with Gasteiger partial charge in [0, 0.05) is 18.2 Å². The summed E-state index contributed by atoms with van der Waals surface area (Å²) in [5, 5.41) is 0.663. The maximum Gasteiger partial charge on any atom is 0.152 e. The molecule has 0 saturated carbocycles. The van der Waals surface area contributed by atoms with Crippen LogP contribution in [0.3, 0.4) is 0 Å². The van der Waals surface area contributed by atoms with Crippen LogP contribution in [-0.2, 0) is 0 Å². The second kappa shape index (κ2) is 7.42. The molecule has 1 aromatic rings. The van der Waals surface area contributed by atoms with E-state index in [1.807, 2.05) is 18.2 Å². The molecule has 2 nitrogen and oxygen atoms in total. The molecule has 18 heavy (non-hydrogen) atoms. The van der Waals surface area contributed by atoms with Crippen LogP contribution in [0.25, 0.3) is 0 Å². The van der Waals surface area contributed by atoms with Gasteiger partial charge in [0.25, 0.3) is 0 Å². The molecule has 0 bridgehead atoms. The molecule has 0 aliphatic heterocycles. The molecule has 1 unspecified atom stereocenters. The zero-order chi connectivity index (χ0) is 13.5. The lowest BCUT2D eigenvalue weighted by molar-refractivity contribution is 0.112. The number of hydrogen-bond acceptors (Lipinski definition) is 2. The van der Waals surface area contributed by atoms with E-state index in [0.717, 1.165) is 37.8 Å². The third-order valence-electron chi connectivity index (χ3n) is 3.31. The molecular formula is C15H22ClNO. The smallest absolute Gasteiger partial charge is 0.152 e. The van der Waals surface area contributed by atoms with Gasteiger partial charge < -0.3 is 4.90 Å². The third-order valence-corrected chi connectivity index (χ3v) is 3.61. The van der Waals surface area contributed by atoms with Crippen LogP contribution in [0.2, 0.25) is 5.02 Å². The van der Waals surface area contributed by atoms with Gasteiger partial charge in [0.2, 0.25) is 0 Å². The molecule has 1 atom stereocenters. The summed E-state index contributed by atoms with van der Waals surface area (Å²) in [4.78, 5) is 13.4. The Bertz CT molecular complexity index is 392. The van der Waals surface area contributed by atoms with Crippen LogP contribution >= 0.6 is 11.6 Å². The molecule has 0 aliphatic carbocycles. The van der Waals surface area contributed by atoms with Crippen LogP contribution in [-0.4, -0.2) is 18.9 Å². The highest BCUT2D eigenvalue weighted by Gasteiger charge is 2.18. The van der Waals surface area contributed by atoms with Crippen molar-refractivity contribution in [3.63, 3.8) is 0 Å². The van der Waals surface area contributed by atoms with E-state index < -0.39 is 0 Å². The van der Waals surface area contributed by atoms with Crippen molar-refractivity contribution in [3.8, 4) is 0 Å². The van der Waals surface area contributed by atoms with Gasteiger partial charge in [-0.05, 0) is 31.9 Å². The maximum atomic E-state index is 11.2. The van der Waals surface area contributed by atoms with Crippen molar-refractivity contribution in [2.75, 3.05) is 11.4 Å². The summed E-state index contributed by atoms with van der Waals surface area (Å²) in [7, 11) is 0. The van der Waals surface area contributed by atoms with E-state index >= 15 is 0 Å². The molecule has 0 radical (unpaired) electrons. The number of rotatable bonds is 7. The number of hydrogen-bond donors (Lipinski definition) is 0. The standard InChI is InChI=1S/C15H22ClNO/c1-4-6-10-17(12(3)5-2)15-13(11-18)8-7-9-14(15)16/h7-9,11-12H,4-6,10H2,1-3H3. The topological polar surface area (TPSA) is 20.3 Å². The lowest BCUT2D eigenvalue weighted by Gasteiger charge is -2.32. The van der Waals surface area contributed by atoms with E-state index in [-0.39, 0.29) is 0 Å². The Labute approximate surface area is 115 Å². The maximum absolute atomic E-state index is 11.2. The van der Waals surface area contributed by atoms with Gasteiger partial charge in [0.05, 0.1) is 10.7 Å². The number of anilines is 1. The quantitative estimate of drug-likeness (QED) is 0.675. The minimum atomic E-state index is 0.384. The first kappa shape index (κ1) is 15.0. The molecule has 0 fully saturated rings. The Balaban J connectivity index is 3.14. The number of carbonyl (C=O) groups is 1. The van der Waals surface area contributed by atoms with Crippen molar-refractivity contribution < 1.29 is 4.79 Å². The van der Waals surface area contributed by atoms with Crippen molar-refractivity contribution in [2.24, 2.45) is 0 Å². The van der Waals surface area contributed by atoms with Gasteiger partial charge in [-0.3, -0.25) is 4.79 Å². The second-order valence-electron chi connectivity index (χ2n) is 4.60. The first-order valence-corrected chi connectivity index (χ1v) is 7.03.